The molecule has 4 aromatic heterocycles. The van der Waals surface area contributed by atoms with Crippen LogP contribution in [0.1, 0.15) is 23.0 Å². The van der Waals surface area contributed by atoms with Crippen molar-refractivity contribution in [1.82, 2.24) is 19.4 Å². The summed E-state index contributed by atoms with van der Waals surface area (Å²) in [5.41, 5.74) is 4.47. The minimum Gasteiger partial charge on any atom is -0.476 e. The molecule has 0 fully saturated rings. The number of carboxylic acid groups (broad SMARTS) is 1. The number of rotatable bonds is 3. The first kappa shape index (κ1) is 13.5. The van der Waals surface area contributed by atoms with Crippen molar-refractivity contribution in [3.63, 3.8) is 0 Å². The van der Waals surface area contributed by atoms with E-state index in [4.69, 9.17) is 5.11 Å². The molecule has 4 heterocycles. The standard InChI is InChI=1S/C17H14N4O2/c1-2-10-7-18-15-13(10)6-11(8-19-15)12-4-3-5-21-9-14(17(22)23)20-16(12)21/h3-9H,2H2,1H3,(H,18,19)(H,22,23). The van der Waals surface area contributed by atoms with E-state index >= 15 is 0 Å². The van der Waals surface area contributed by atoms with Crippen molar-refractivity contribution in [1.29, 1.82) is 0 Å². The molecule has 0 amide bonds. The molecular weight excluding hydrogens is 292 g/mol. The SMILES string of the molecule is CCc1c[nH]c2ncc(-c3cccn4cc(C(=O)O)nc34)cc12. The van der Waals surface area contributed by atoms with Crippen molar-refractivity contribution in [3.8, 4) is 11.1 Å². The molecule has 23 heavy (non-hydrogen) atoms. The lowest BCUT2D eigenvalue weighted by Gasteiger charge is -2.04. The number of hydrogen-bond acceptors (Lipinski definition) is 3. The highest BCUT2D eigenvalue weighted by Crippen LogP contribution is 2.27. The Balaban J connectivity index is 1.96. The van der Waals surface area contributed by atoms with Crippen LogP contribution in [0, 0.1) is 0 Å². The number of aromatic amines is 1. The van der Waals surface area contributed by atoms with E-state index in [1.807, 2.05) is 18.3 Å². The Kier molecular flexibility index (Phi) is 2.90. The number of carbonyl (C=O) groups is 1. The summed E-state index contributed by atoms with van der Waals surface area (Å²) in [7, 11) is 0. The van der Waals surface area contributed by atoms with E-state index in [-0.39, 0.29) is 5.69 Å². The number of H-pyrrole nitrogens is 1. The molecule has 4 aromatic rings. The highest BCUT2D eigenvalue weighted by atomic mass is 16.4. The second-order valence-electron chi connectivity index (χ2n) is 5.37. The van der Waals surface area contributed by atoms with Gasteiger partial charge in [0.2, 0.25) is 0 Å². The lowest BCUT2D eigenvalue weighted by molar-refractivity contribution is 0.0691. The molecule has 0 saturated carbocycles. The van der Waals surface area contributed by atoms with Crippen molar-refractivity contribution in [2.45, 2.75) is 13.3 Å². The fourth-order valence-corrected chi connectivity index (χ4v) is 2.84. The summed E-state index contributed by atoms with van der Waals surface area (Å²) in [5.74, 6) is -1.04. The van der Waals surface area contributed by atoms with E-state index in [0.29, 0.717) is 5.65 Å². The monoisotopic (exact) mass is 306 g/mol. The van der Waals surface area contributed by atoms with Crippen molar-refractivity contribution >= 4 is 22.6 Å². The van der Waals surface area contributed by atoms with Gasteiger partial charge in [-0.2, -0.15) is 0 Å². The quantitative estimate of drug-likeness (QED) is 0.609. The fourth-order valence-electron chi connectivity index (χ4n) is 2.84. The number of nitrogens with one attached hydrogen (secondary N) is 1. The second kappa shape index (κ2) is 4.95. The zero-order chi connectivity index (χ0) is 16.0. The number of aromatic carboxylic acids is 1. The molecule has 6 heteroatoms. The van der Waals surface area contributed by atoms with Gasteiger partial charge in [-0.1, -0.05) is 6.92 Å². The number of aromatic nitrogens is 4. The first-order valence-electron chi connectivity index (χ1n) is 7.34. The number of pyridine rings is 2. The molecule has 0 spiro atoms. The zero-order valence-electron chi connectivity index (χ0n) is 12.4. The summed E-state index contributed by atoms with van der Waals surface area (Å²) >= 11 is 0. The highest BCUT2D eigenvalue weighted by molar-refractivity contribution is 5.90. The maximum Gasteiger partial charge on any atom is 0.356 e. The normalized spacial score (nSPS) is 11.3. The molecule has 0 atom stereocenters. The Labute approximate surface area is 131 Å². The molecule has 2 N–H and O–H groups in total. The van der Waals surface area contributed by atoms with Crippen LogP contribution in [0.3, 0.4) is 0 Å². The molecule has 0 aliphatic heterocycles. The van der Waals surface area contributed by atoms with E-state index in [0.717, 1.165) is 28.6 Å². The Bertz CT molecular complexity index is 1050. The van der Waals surface area contributed by atoms with Crippen LogP contribution in [0.15, 0.2) is 43.0 Å². The van der Waals surface area contributed by atoms with E-state index in [1.54, 1.807) is 16.8 Å². The van der Waals surface area contributed by atoms with Crippen molar-refractivity contribution < 1.29 is 9.90 Å². The number of carboxylic acids is 1. The van der Waals surface area contributed by atoms with Crippen LogP contribution < -0.4 is 0 Å². The van der Waals surface area contributed by atoms with Gasteiger partial charge in [-0.05, 0) is 30.2 Å². The van der Waals surface area contributed by atoms with Crippen molar-refractivity contribution in [2.24, 2.45) is 0 Å². The molecule has 6 nitrogen and oxygen atoms in total. The number of hydrogen-bond donors (Lipinski definition) is 2. The maximum absolute atomic E-state index is 11.1. The summed E-state index contributed by atoms with van der Waals surface area (Å²) in [4.78, 5) is 23.0. The third kappa shape index (κ3) is 2.07. The van der Waals surface area contributed by atoms with E-state index in [9.17, 15) is 4.79 Å². The third-order valence-corrected chi connectivity index (χ3v) is 4.01. The molecule has 114 valence electrons. The Morgan fingerprint density at radius 3 is 3.09 bits per heavy atom. The Hall–Kier alpha value is -3.15. The minimum atomic E-state index is -1.04. The van der Waals surface area contributed by atoms with Crippen LogP contribution in [0.4, 0.5) is 0 Å². The summed E-state index contributed by atoms with van der Waals surface area (Å²) < 4.78 is 1.72. The first-order chi connectivity index (χ1) is 11.2. The van der Waals surface area contributed by atoms with Crippen LogP contribution in [0.5, 0.6) is 0 Å². The molecule has 0 aromatic carbocycles. The summed E-state index contributed by atoms with van der Waals surface area (Å²) in [6.45, 7) is 2.10. The van der Waals surface area contributed by atoms with E-state index in [1.165, 1.54) is 11.8 Å². The largest absolute Gasteiger partial charge is 0.476 e. The highest BCUT2D eigenvalue weighted by Gasteiger charge is 2.13. The van der Waals surface area contributed by atoms with Gasteiger partial charge in [0.15, 0.2) is 5.69 Å². The molecule has 0 radical (unpaired) electrons. The smallest absolute Gasteiger partial charge is 0.356 e. The van der Waals surface area contributed by atoms with Crippen LogP contribution in [0.25, 0.3) is 27.8 Å². The predicted octanol–water partition coefficient (Wildman–Crippen LogP) is 3.14. The molecule has 0 aliphatic rings. The first-order valence-corrected chi connectivity index (χ1v) is 7.34. The lowest BCUT2D eigenvalue weighted by atomic mass is 10.1. The van der Waals surface area contributed by atoms with Crippen LogP contribution >= 0.6 is 0 Å². The number of aryl methyl sites for hydroxylation is 1. The number of nitrogens with zero attached hydrogens (tertiary/aromatic N) is 3. The lowest BCUT2D eigenvalue weighted by Crippen LogP contribution is -1.95. The average Bonchev–Trinajstić information content (AvgIpc) is 3.17. The van der Waals surface area contributed by atoms with Gasteiger partial charge in [-0.15, -0.1) is 0 Å². The number of fused-ring (bicyclic) bond motifs is 2. The Morgan fingerprint density at radius 1 is 1.43 bits per heavy atom. The Morgan fingerprint density at radius 2 is 2.30 bits per heavy atom. The molecule has 0 aliphatic carbocycles. The fraction of sp³-hybridized carbons (Fsp3) is 0.118. The van der Waals surface area contributed by atoms with Gasteiger partial charge >= 0.3 is 5.97 Å². The van der Waals surface area contributed by atoms with Gasteiger partial charge in [0.1, 0.15) is 11.3 Å². The summed E-state index contributed by atoms with van der Waals surface area (Å²) in [5, 5.41) is 10.2. The average molecular weight is 306 g/mol. The molecule has 0 saturated heterocycles. The molecular formula is C17H14N4O2. The molecule has 4 rings (SSSR count). The van der Waals surface area contributed by atoms with Crippen LogP contribution in [0.2, 0.25) is 0 Å². The van der Waals surface area contributed by atoms with Gasteiger partial charge in [-0.25, -0.2) is 14.8 Å². The predicted molar refractivity (Wildman–Crippen MR) is 86.6 cm³/mol. The van der Waals surface area contributed by atoms with E-state index in [2.05, 4.69) is 27.9 Å². The minimum absolute atomic E-state index is 0.0300. The van der Waals surface area contributed by atoms with Crippen molar-refractivity contribution in [2.75, 3.05) is 0 Å². The summed E-state index contributed by atoms with van der Waals surface area (Å²) in [6, 6.07) is 5.87. The zero-order valence-corrected chi connectivity index (χ0v) is 12.4. The second-order valence-corrected chi connectivity index (χ2v) is 5.37. The van der Waals surface area contributed by atoms with Gasteiger partial charge in [-0.3, -0.25) is 0 Å². The number of imidazole rings is 1. The summed E-state index contributed by atoms with van der Waals surface area (Å²) in [6.07, 6.45) is 7.98. The topological polar surface area (TPSA) is 83.3 Å². The van der Waals surface area contributed by atoms with Gasteiger partial charge in [0.05, 0.1) is 0 Å². The van der Waals surface area contributed by atoms with Gasteiger partial charge in [0.25, 0.3) is 0 Å². The third-order valence-electron chi connectivity index (χ3n) is 4.01. The van der Waals surface area contributed by atoms with Crippen LogP contribution in [-0.2, 0) is 6.42 Å². The van der Waals surface area contributed by atoms with Gasteiger partial charge in [0, 0.05) is 41.3 Å². The molecule has 0 unspecified atom stereocenters. The van der Waals surface area contributed by atoms with E-state index < -0.39 is 5.97 Å². The van der Waals surface area contributed by atoms with Crippen molar-refractivity contribution in [3.05, 3.63) is 54.2 Å². The van der Waals surface area contributed by atoms with Crippen LogP contribution in [-0.4, -0.2) is 30.4 Å². The van der Waals surface area contributed by atoms with Gasteiger partial charge < -0.3 is 14.5 Å². The maximum atomic E-state index is 11.1. The molecule has 0 bridgehead atoms.